The fourth-order valence-electron chi connectivity index (χ4n) is 3.07. The first kappa shape index (κ1) is 16.0. The van der Waals surface area contributed by atoms with Crippen molar-refractivity contribution in [1.82, 2.24) is 4.90 Å². The molecule has 108 valence electrons. The van der Waals surface area contributed by atoms with Gasteiger partial charge in [-0.1, -0.05) is 13.3 Å². The minimum absolute atomic E-state index is 0.0592. The first-order valence-electron chi connectivity index (χ1n) is 6.69. The van der Waals surface area contributed by atoms with E-state index in [0.29, 0.717) is 6.54 Å². The van der Waals surface area contributed by atoms with E-state index in [4.69, 9.17) is 8.85 Å². The summed E-state index contributed by atoms with van der Waals surface area (Å²) in [6, 6.07) is 0. The lowest BCUT2D eigenvalue weighted by Gasteiger charge is -2.49. The zero-order valence-electron chi connectivity index (χ0n) is 11.6. The van der Waals surface area contributed by atoms with Crippen molar-refractivity contribution in [2.24, 2.45) is 0 Å². The highest BCUT2D eigenvalue weighted by atomic mass is 28.3. The van der Waals surface area contributed by atoms with E-state index in [1.165, 1.54) is 0 Å². The van der Waals surface area contributed by atoms with Crippen LogP contribution < -0.4 is 0 Å². The highest BCUT2D eigenvalue weighted by Crippen LogP contribution is 2.34. The summed E-state index contributed by atoms with van der Waals surface area (Å²) >= 11 is 0. The van der Waals surface area contributed by atoms with Crippen LogP contribution in [0.15, 0.2) is 0 Å². The van der Waals surface area contributed by atoms with Crippen molar-refractivity contribution in [2.75, 3.05) is 27.3 Å². The highest BCUT2D eigenvalue weighted by Gasteiger charge is 2.46. The molecule has 0 saturated carbocycles. The van der Waals surface area contributed by atoms with Crippen LogP contribution in [0.3, 0.4) is 0 Å². The standard InChI is InChI=1S/C12H25F2NO2Si/c1-4-12(18(16-2)17-3)8-5-6-9-15(12)10-7-11(13)14/h11,18H,4-10H2,1-3H3. The summed E-state index contributed by atoms with van der Waals surface area (Å²) in [5.74, 6) is 0. The van der Waals surface area contributed by atoms with Crippen LogP contribution in [0.25, 0.3) is 0 Å². The molecule has 0 aromatic heterocycles. The second-order valence-corrected chi connectivity index (χ2v) is 7.57. The van der Waals surface area contributed by atoms with Gasteiger partial charge in [-0.2, -0.15) is 0 Å². The average molecular weight is 281 g/mol. The molecular formula is C12H25F2NO2Si. The Labute approximate surface area is 110 Å². The summed E-state index contributed by atoms with van der Waals surface area (Å²) in [6.07, 6.45) is 1.84. The molecule has 3 nitrogen and oxygen atoms in total. The topological polar surface area (TPSA) is 21.7 Å². The number of piperidine rings is 1. The van der Waals surface area contributed by atoms with E-state index in [1.54, 1.807) is 14.2 Å². The quantitative estimate of drug-likeness (QED) is 0.669. The van der Waals surface area contributed by atoms with E-state index in [-0.39, 0.29) is 11.6 Å². The van der Waals surface area contributed by atoms with Crippen LogP contribution in [0.4, 0.5) is 8.78 Å². The first-order valence-corrected chi connectivity index (χ1v) is 8.21. The van der Waals surface area contributed by atoms with Crippen LogP contribution in [-0.4, -0.2) is 53.1 Å². The van der Waals surface area contributed by atoms with Gasteiger partial charge in [0.2, 0.25) is 6.43 Å². The second kappa shape index (κ2) is 7.52. The van der Waals surface area contributed by atoms with Gasteiger partial charge in [-0.3, -0.25) is 4.90 Å². The molecule has 0 bridgehead atoms. The number of alkyl halides is 2. The van der Waals surface area contributed by atoms with Crippen LogP contribution in [0.5, 0.6) is 0 Å². The van der Waals surface area contributed by atoms with Crippen LogP contribution in [0.2, 0.25) is 0 Å². The van der Waals surface area contributed by atoms with Gasteiger partial charge in [0, 0.05) is 27.2 Å². The molecular weight excluding hydrogens is 256 g/mol. The smallest absolute Gasteiger partial charge is 0.341 e. The lowest BCUT2D eigenvalue weighted by Crippen LogP contribution is -2.63. The average Bonchev–Trinajstić information content (AvgIpc) is 2.38. The summed E-state index contributed by atoms with van der Waals surface area (Å²) in [4.78, 5) is 2.20. The van der Waals surface area contributed by atoms with Crippen molar-refractivity contribution in [3.05, 3.63) is 0 Å². The summed E-state index contributed by atoms with van der Waals surface area (Å²) < 4.78 is 36.0. The van der Waals surface area contributed by atoms with Crippen molar-refractivity contribution in [3.63, 3.8) is 0 Å². The largest absolute Gasteiger partial charge is 0.399 e. The van der Waals surface area contributed by atoms with E-state index in [2.05, 4.69) is 11.8 Å². The van der Waals surface area contributed by atoms with Crippen LogP contribution in [0, 0.1) is 0 Å². The molecule has 1 fully saturated rings. The molecule has 0 aliphatic carbocycles. The third kappa shape index (κ3) is 3.50. The molecule has 0 spiro atoms. The molecule has 0 aromatic rings. The Morgan fingerprint density at radius 3 is 2.44 bits per heavy atom. The maximum Gasteiger partial charge on any atom is 0.341 e. The fraction of sp³-hybridized carbons (Fsp3) is 1.00. The third-order valence-corrected chi connectivity index (χ3v) is 6.81. The van der Waals surface area contributed by atoms with Crippen molar-refractivity contribution in [2.45, 2.75) is 50.6 Å². The SMILES string of the molecule is CCC1([SiH](OC)OC)CCCCN1CCC(F)F. The number of rotatable bonds is 7. The maximum atomic E-state index is 12.4. The molecule has 1 heterocycles. The molecule has 0 aromatic carbocycles. The lowest BCUT2D eigenvalue weighted by atomic mass is 9.98. The van der Waals surface area contributed by atoms with Crippen LogP contribution >= 0.6 is 0 Å². The molecule has 6 heteroatoms. The Kier molecular flexibility index (Phi) is 6.69. The van der Waals surface area contributed by atoms with Crippen molar-refractivity contribution in [1.29, 1.82) is 0 Å². The van der Waals surface area contributed by atoms with Gasteiger partial charge in [-0.15, -0.1) is 0 Å². The summed E-state index contributed by atoms with van der Waals surface area (Å²) in [5.41, 5.74) is 0. The van der Waals surface area contributed by atoms with Crippen LogP contribution in [-0.2, 0) is 8.85 Å². The summed E-state index contributed by atoms with van der Waals surface area (Å²) in [7, 11) is 1.51. The molecule has 1 unspecified atom stereocenters. The molecule has 1 rings (SSSR count). The van der Waals surface area contributed by atoms with E-state index in [9.17, 15) is 8.78 Å². The predicted molar refractivity (Wildman–Crippen MR) is 70.2 cm³/mol. The molecule has 0 radical (unpaired) electrons. The van der Waals surface area contributed by atoms with Gasteiger partial charge in [0.25, 0.3) is 0 Å². The predicted octanol–water partition coefficient (Wildman–Crippen LogP) is 2.33. The minimum atomic E-state index is -2.23. The molecule has 0 amide bonds. The Morgan fingerprint density at radius 1 is 1.28 bits per heavy atom. The van der Waals surface area contributed by atoms with Gasteiger partial charge in [-0.25, -0.2) is 8.78 Å². The van der Waals surface area contributed by atoms with Crippen molar-refractivity contribution < 1.29 is 17.6 Å². The molecule has 1 aliphatic rings. The molecule has 0 N–H and O–H groups in total. The Hall–Kier alpha value is -0.0431. The van der Waals surface area contributed by atoms with Gasteiger partial charge in [0.05, 0.1) is 5.16 Å². The highest BCUT2D eigenvalue weighted by molar-refractivity contribution is 6.48. The van der Waals surface area contributed by atoms with E-state index >= 15 is 0 Å². The van der Waals surface area contributed by atoms with Crippen molar-refractivity contribution in [3.8, 4) is 0 Å². The molecule has 1 atom stereocenters. The summed E-state index contributed by atoms with van der Waals surface area (Å²) in [5, 5.41) is -0.114. The lowest BCUT2D eigenvalue weighted by molar-refractivity contribution is 0.0415. The first-order chi connectivity index (χ1) is 8.60. The molecule has 1 aliphatic heterocycles. The minimum Gasteiger partial charge on any atom is -0.399 e. The van der Waals surface area contributed by atoms with E-state index < -0.39 is 15.7 Å². The Morgan fingerprint density at radius 2 is 1.94 bits per heavy atom. The van der Waals surface area contributed by atoms with E-state index in [1.807, 2.05) is 0 Å². The number of halogens is 2. The van der Waals surface area contributed by atoms with Gasteiger partial charge in [-0.05, 0) is 25.8 Å². The Bertz CT molecular complexity index is 242. The third-order valence-electron chi connectivity index (χ3n) is 4.01. The number of nitrogens with zero attached hydrogens (tertiary/aromatic N) is 1. The monoisotopic (exact) mass is 281 g/mol. The number of likely N-dealkylation sites (tertiary alicyclic amines) is 1. The maximum absolute atomic E-state index is 12.4. The van der Waals surface area contributed by atoms with Crippen LogP contribution in [0.1, 0.15) is 39.0 Å². The van der Waals surface area contributed by atoms with Gasteiger partial charge in [0.15, 0.2) is 0 Å². The normalized spacial score (nSPS) is 26.2. The Balaban J connectivity index is 2.80. The van der Waals surface area contributed by atoms with Crippen molar-refractivity contribution >= 4 is 9.28 Å². The zero-order valence-corrected chi connectivity index (χ0v) is 12.8. The van der Waals surface area contributed by atoms with Gasteiger partial charge in [0.1, 0.15) is 0 Å². The van der Waals surface area contributed by atoms with Gasteiger partial charge < -0.3 is 8.85 Å². The van der Waals surface area contributed by atoms with E-state index in [0.717, 1.165) is 32.2 Å². The molecule has 18 heavy (non-hydrogen) atoms. The van der Waals surface area contributed by atoms with Gasteiger partial charge >= 0.3 is 9.28 Å². The zero-order chi connectivity index (χ0) is 13.6. The number of hydrogen-bond donors (Lipinski definition) is 0. The molecule has 1 saturated heterocycles. The second-order valence-electron chi connectivity index (χ2n) is 4.88. The summed E-state index contributed by atoms with van der Waals surface area (Å²) in [6.45, 7) is 3.44. The number of hydrogen-bond acceptors (Lipinski definition) is 3. The fourth-order valence-corrected chi connectivity index (χ4v) is 5.47.